The Morgan fingerprint density at radius 3 is 3.00 bits per heavy atom. The van der Waals surface area contributed by atoms with Gasteiger partial charge in [-0.3, -0.25) is 9.89 Å². The van der Waals surface area contributed by atoms with Crippen LogP contribution in [0.2, 0.25) is 0 Å². The molecular weight excluding hydrogens is 192 g/mol. The number of carbonyl (C=O) groups is 1. The predicted molar refractivity (Wildman–Crippen MR) is 58.3 cm³/mol. The number of aryl methyl sites for hydroxylation is 2. The maximum absolute atomic E-state index is 11.4. The Morgan fingerprint density at radius 1 is 1.73 bits per heavy atom. The fourth-order valence-electron chi connectivity index (χ4n) is 1.24. The van der Waals surface area contributed by atoms with E-state index in [0.717, 1.165) is 11.3 Å². The zero-order chi connectivity index (χ0) is 11.3. The number of carbonyl (C=O) groups excluding carboxylic acids is 1. The smallest absolute Gasteiger partial charge is 0.220 e. The molecule has 5 heteroatoms. The fourth-order valence-corrected chi connectivity index (χ4v) is 1.24. The van der Waals surface area contributed by atoms with Gasteiger partial charge in [0.05, 0.1) is 6.20 Å². The third-order valence-electron chi connectivity index (χ3n) is 2.18. The predicted octanol–water partition coefficient (Wildman–Crippen LogP) is 0.114. The van der Waals surface area contributed by atoms with E-state index in [1.807, 2.05) is 13.8 Å². The highest BCUT2D eigenvalue weighted by molar-refractivity contribution is 5.76. The van der Waals surface area contributed by atoms with Gasteiger partial charge in [0.1, 0.15) is 0 Å². The molecule has 1 atom stereocenters. The van der Waals surface area contributed by atoms with Crippen molar-refractivity contribution in [1.29, 1.82) is 0 Å². The molecule has 0 fully saturated rings. The first-order valence-corrected chi connectivity index (χ1v) is 5.10. The molecular formula is C10H18N4O. The van der Waals surface area contributed by atoms with Crippen molar-refractivity contribution >= 4 is 5.91 Å². The van der Waals surface area contributed by atoms with Gasteiger partial charge in [0.15, 0.2) is 0 Å². The van der Waals surface area contributed by atoms with Crippen LogP contribution in [0.4, 0.5) is 0 Å². The third-order valence-corrected chi connectivity index (χ3v) is 2.18. The molecule has 0 saturated heterocycles. The van der Waals surface area contributed by atoms with Gasteiger partial charge in [-0.15, -0.1) is 0 Å². The van der Waals surface area contributed by atoms with Crippen LogP contribution in [0, 0.1) is 6.92 Å². The lowest BCUT2D eigenvalue weighted by Crippen LogP contribution is -2.35. The number of hydrogen-bond acceptors (Lipinski definition) is 3. The zero-order valence-electron chi connectivity index (χ0n) is 9.21. The van der Waals surface area contributed by atoms with Crippen molar-refractivity contribution < 1.29 is 4.79 Å². The number of amides is 1. The highest BCUT2D eigenvalue weighted by Crippen LogP contribution is 2.05. The van der Waals surface area contributed by atoms with E-state index in [2.05, 4.69) is 15.5 Å². The van der Waals surface area contributed by atoms with Gasteiger partial charge in [-0.2, -0.15) is 5.10 Å². The number of rotatable bonds is 5. The molecule has 1 rings (SSSR count). The van der Waals surface area contributed by atoms with Crippen LogP contribution in [0.1, 0.15) is 24.6 Å². The Kier molecular flexibility index (Phi) is 4.30. The van der Waals surface area contributed by atoms with Crippen molar-refractivity contribution in [2.75, 3.05) is 6.54 Å². The molecule has 0 aliphatic carbocycles. The average molecular weight is 210 g/mol. The minimum atomic E-state index is 0.00427. The molecule has 0 bridgehead atoms. The second-order valence-electron chi connectivity index (χ2n) is 3.80. The Bertz CT molecular complexity index is 319. The summed E-state index contributed by atoms with van der Waals surface area (Å²) in [7, 11) is 0. The average Bonchev–Trinajstić information content (AvgIpc) is 2.58. The maximum atomic E-state index is 11.4. The Hall–Kier alpha value is -1.36. The molecule has 84 valence electrons. The molecule has 1 heterocycles. The minimum Gasteiger partial charge on any atom is -0.355 e. The molecule has 1 aromatic heterocycles. The lowest BCUT2D eigenvalue weighted by Gasteiger charge is -2.07. The second-order valence-corrected chi connectivity index (χ2v) is 3.80. The van der Waals surface area contributed by atoms with Gasteiger partial charge in [0, 0.05) is 24.7 Å². The monoisotopic (exact) mass is 210 g/mol. The summed E-state index contributed by atoms with van der Waals surface area (Å²) in [4.78, 5) is 11.4. The second kappa shape index (κ2) is 5.50. The first kappa shape index (κ1) is 11.7. The number of nitrogens with zero attached hydrogens (tertiary/aromatic N) is 1. The summed E-state index contributed by atoms with van der Waals surface area (Å²) < 4.78 is 0. The van der Waals surface area contributed by atoms with Crippen LogP contribution >= 0.6 is 0 Å². The van der Waals surface area contributed by atoms with E-state index in [1.165, 1.54) is 0 Å². The van der Waals surface area contributed by atoms with Crippen LogP contribution in [0.25, 0.3) is 0 Å². The summed E-state index contributed by atoms with van der Waals surface area (Å²) in [6.45, 7) is 4.34. The number of hydrogen-bond donors (Lipinski definition) is 3. The Labute approximate surface area is 89.4 Å². The van der Waals surface area contributed by atoms with Gasteiger partial charge in [-0.05, 0) is 25.8 Å². The van der Waals surface area contributed by atoms with Crippen molar-refractivity contribution in [3.63, 3.8) is 0 Å². The molecule has 0 aliphatic rings. The van der Waals surface area contributed by atoms with E-state index in [-0.39, 0.29) is 11.9 Å². The van der Waals surface area contributed by atoms with Gasteiger partial charge in [0.25, 0.3) is 0 Å². The molecule has 15 heavy (non-hydrogen) atoms. The van der Waals surface area contributed by atoms with Crippen LogP contribution in [-0.2, 0) is 11.2 Å². The van der Waals surface area contributed by atoms with Crippen LogP contribution < -0.4 is 11.1 Å². The summed E-state index contributed by atoms with van der Waals surface area (Å²) in [5, 5.41) is 9.51. The highest BCUT2D eigenvalue weighted by atomic mass is 16.1. The first-order chi connectivity index (χ1) is 7.09. The van der Waals surface area contributed by atoms with E-state index in [1.54, 1.807) is 6.20 Å². The maximum Gasteiger partial charge on any atom is 0.220 e. The summed E-state index contributed by atoms with van der Waals surface area (Å²) in [6.07, 6.45) is 2.95. The van der Waals surface area contributed by atoms with Gasteiger partial charge >= 0.3 is 0 Å². The van der Waals surface area contributed by atoms with E-state index < -0.39 is 0 Å². The van der Waals surface area contributed by atoms with Gasteiger partial charge < -0.3 is 11.1 Å². The van der Waals surface area contributed by atoms with E-state index in [0.29, 0.717) is 19.4 Å². The number of aromatic nitrogens is 2. The number of nitrogens with two attached hydrogens (primary N) is 1. The van der Waals surface area contributed by atoms with Crippen molar-refractivity contribution in [3.8, 4) is 0 Å². The number of nitrogens with one attached hydrogen (secondary N) is 2. The summed E-state index contributed by atoms with van der Waals surface area (Å²) in [5.41, 5.74) is 7.64. The molecule has 0 aromatic carbocycles. The first-order valence-electron chi connectivity index (χ1n) is 5.10. The summed E-state index contributed by atoms with van der Waals surface area (Å²) >= 11 is 0. The standard InChI is InChI=1S/C10H18N4O/c1-7(11)5-12-10(15)4-3-9-6-13-14-8(9)2/h6-7H,3-5,11H2,1-2H3,(H,12,15)(H,13,14). The quantitative estimate of drug-likeness (QED) is 0.645. The molecule has 1 amide bonds. The van der Waals surface area contributed by atoms with E-state index in [4.69, 9.17) is 5.73 Å². The topological polar surface area (TPSA) is 83.8 Å². The molecule has 4 N–H and O–H groups in total. The van der Waals surface area contributed by atoms with E-state index >= 15 is 0 Å². The Morgan fingerprint density at radius 2 is 2.47 bits per heavy atom. The van der Waals surface area contributed by atoms with Crippen molar-refractivity contribution in [2.45, 2.75) is 32.7 Å². The largest absolute Gasteiger partial charge is 0.355 e. The van der Waals surface area contributed by atoms with Gasteiger partial charge in [-0.1, -0.05) is 0 Å². The molecule has 5 nitrogen and oxygen atoms in total. The lowest BCUT2D eigenvalue weighted by molar-refractivity contribution is -0.121. The van der Waals surface area contributed by atoms with Crippen LogP contribution in [-0.4, -0.2) is 28.7 Å². The minimum absolute atomic E-state index is 0.00427. The van der Waals surface area contributed by atoms with Crippen LogP contribution in [0.5, 0.6) is 0 Å². The molecule has 0 aliphatic heterocycles. The van der Waals surface area contributed by atoms with Crippen LogP contribution in [0.15, 0.2) is 6.20 Å². The van der Waals surface area contributed by atoms with Gasteiger partial charge in [0.2, 0.25) is 5.91 Å². The van der Waals surface area contributed by atoms with Crippen molar-refractivity contribution in [1.82, 2.24) is 15.5 Å². The fraction of sp³-hybridized carbons (Fsp3) is 0.600. The summed E-state index contributed by atoms with van der Waals surface area (Å²) in [6, 6.07) is 0.00427. The zero-order valence-corrected chi connectivity index (χ0v) is 9.21. The molecule has 0 spiro atoms. The summed E-state index contributed by atoms with van der Waals surface area (Å²) in [5.74, 6) is 0.0351. The normalized spacial score (nSPS) is 12.5. The van der Waals surface area contributed by atoms with E-state index in [9.17, 15) is 4.79 Å². The number of aromatic amines is 1. The molecule has 0 radical (unpaired) electrons. The highest BCUT2D eigenvalue weighted by Gasteiger charge is 2.05. The van der Waals surface area contributed by atoms with Crippen molar-refractivity contribution in [3.05, 3.63) is 17.5 Å². The van der Waals surface area contributed by atoms with Gasteiger partial charge in [-0.25, -0.2) is 0 Å². The SMILES string of the molecule is Cc1[nH]ncc1CCC(=O)NCC(C)N. The Balaban J connectivity index is 2.26. The third kappa shape index (κ3) is 4.12. The van der Waals surface area contributed by atoms with Crippen LogP contribution in [0.3, 0.4) is 0 Å². The lowest BCUT2D eigenvalue weighted by atomic mass is 10.1. The van der Waals surface area contributed by atoms with Crippen molar-refractivity contribution in [2.24, 2.45) is 5.73 Å². The number of H-pyrrole nitrogens is 1. The molecule has 0 saturated carbocycles. The molecule has 1 unspecified atom stereocenters. The molecule has 1 aromatic rings.